The van der Waals surface area contributed by atoms with Gasteiger partial charge >= 0.3 is 5.69 Å². The molecule has 0 saturated carbocycles. The van der Waals surface area contributed by atoms with Crippen LogP contribution in [0.1, 0.15) is 0 Å². The molecule has 0 aromatic heterocycles. The third-order valence-corrected chi connectivity index (χ3v) is 4.69. The van der Waals surface area contributed by atoms with Gasteiger partial charge in [0, 0.05) is 25.5 Å². The number of benzene rings is 2. The van der Waals surface area contributed by atoms with Gasteiger partial charge in [-0.1, -0.05) is 0 Å². The first kappa shape index (κ1) is 19.4. The normalized spacial score (nSPS) is 11.3. The third kappa shape index (κ3) is 3.40. The van der Waals surface area contributed by atoms with Crippen molar-refractivity contribution in [2.75, 3.05) is 23.7 Å². The van der Waals surface area contributed by atoms with E-state index in [2.05, 4.69) is 0 Å². The monoisotopic (exact) mass is 393 g/mol. The van der Waals surface area contributed by atoms with E-state index in [-0.39, 0.29) is 5.69 Å². The molecule has 2 aromatic carbocycles. The Morgan fingerprint density at radius 3 is 1.81 bits per heavy atom. The van der Waals surface area contributed by atoms with E-state index in [0.717, 1.165) is 0 Å². The number of sulfonamides is 1. The minimum atomic E-state index is -5.11. The van der Waals surface area contributed by atoms with Crippen molar-refractivity contribution < 1.29 is 30.9 Å². The molecule has 0 fully saturated rings. The van der Waals surface area contributed by atoms with Crippen molar-refractivity contribution in [1.29, 1.82) is 0 Å². The molecule has 0 aliphatic rings. The maximum absolute atomic E-state index is 13.9. The van der Waals surface area contributed by atoms with Crippen molar-refractivity contribution in [3.05, 3.63) is 57.6 Å². The summed E-state index contributed by atoms with van der Waals surface area (Å²) >= 11 is 0. The maximum atomic E-state index is 13.9. The highest BCUT2D eigenvalue weighted by atomic mass is 32.2. The van der Waals surface area contributed by atoms with Gasteiger partial charge in [-0.15, -0.1) is 0 Å². The molecule has 2 aromatic rings. The standard InChI is InChI=1S/C14H11F4N3O4S/c1-20(2)8-5-3-7(4-6-8)19-26(24,25)14-11(17)9(15)13(21(22)23)10(16)12(14)18/h3-6,19H,1-2H3. The minimum absolute atomic E-state index is 0.145. The predicted molar refractivity (Wildman–Crippen MR) is 84.5 cm³/mol. The first-order valence-corrected chi connectivity index (χ1v) is 8.26. The summed E-state index contributed by atoms with van der Waals surface area (Å²) in [6.07, 6.45) is 0. The van der Waals surface area contributed by atoms with Crippen molar-refractivity contribution >= 4 is 27.1 Å². The number of hydrogen-bond donors (Lipinski definition) is 1. The van der Waals surface area contributed by atoms with Crippen LogP contribution in [-0.4, -0.2) is 27.4 Å². The lowest BCUT2D eigenvalue weighted by Gasteiger charge is -2.14. The summed E-state index contributed by atoms with van der Waals surface area (Å²) in [6.45, 7) is 0. The van der Waals surface area contributed by atoms with E-state index in [0.29, 0.717) is 5.69 Å². The summed E-state index contributed by atoms with van der Waals surface area (Å²) in [5.74, 6) is -9.63. The summed E-state index contributed by atoms with van der Waals surface area (Å²) in [5, 5.41) is 10.5. The third-order valence-electron chi connectivity index (χ3n) is 3.29. The molecule has 0 bridgehead atoms. The molecule has 1 N–H and O–H groups in total. The van der Waals surface area contributed by atoms with Gasteiger partial charge in [0.25, 0.3) is 10.0 Å². The van der Waals surface area contributed by atoms with Crippen molar-refractivity contribution in [3.63, 3.8) is 0 Å². The van der Waals surface area contributed by atoms with Crippen LogP contribution >= 0.6 is 0 Å². The van der Waals surface area contributed by atoms with Gasteiger partial charge in [-0.3, -0.25) is 14.8 Å². The summed E-state index contributed by atoms with van der Waals surface area (Å²) < 4.78 is 81.2. The number of anilines is 2. The van der Waals surface area contributed by atoms with E-state index in [1.807, 2.05) is 0 Å². The van der Waals surface area contributed by atoms with E-state index < -0.39 is 48.8 Å². The van der Waals surface area contributed by atoms with Gasteiger partial charge in [0.2, 0.25) is 11.6 Å². The Balaban J connectivity index is 2.54. The highest BCUT2D eigenvalue weighted by molar-refractivity contribution is 7.92. The van der Waals surface area contributed by atoms with Gasteiger partial charge in [-0.05, 0) is 24.3 Å². The zero-order valence-electron chi connectivity index (χ0n) is 13.3. The van der Waals surface area contributed by atoms with Crippen molar-refractivity contribution in [2.45, 2.75) is 4.90 Å². The molecule has 7 nitrogen and oxygen atoms in total. The SMILES string of the molecule is CN(C)c1ccc(NS(=O)(=O)c2c(F)c(F)c([N+](=O)[O-])c(F)c2F)cc1. The number of nitrogens with zero attached hydrogens (tertiary/aromatic N) is 2. The molecular weight excluding hydrogens is 382 g/mol. The molecule has 0 radical (unpaired) electrons. The quantitative estimate of drug-likeness (QED) is 0.365. The molecule has 0 atom stereocenters. The van der Waals surface area contributed by atoms with E-state index in [1.54, 1.807) is 23.7 Å². The summed E-state index contributed by atoms with van der Waals surface area (Å²) in [7, 11) is -1.68. The Morgan fingerprint density at radius 2 is 1.42 bits per heavy atom. The van der Waals surface area contributed by atoms with E-state index in [1.165, 1.54) is 24.3 Å². The fourth-order valence-electron chi connectivity index (χ4n) is 2.03. The van der Waals surface area contributed by atoms with Gasteiger partial charge in [-0.2, -0.15) is 8.78 Å². The highest BCUT2D eigenvalue weighted by Gasteiger charge is 2.38. The molecule has 0 heterocycles. The van der Waals surface area contributed by atoms with Crippen LogP contribution in [-0.2, 0) is 10.0 Å². The Morgan fingerprint density at radius 1 is 0.962 bits per heavy atom. The molecular formula is C14H11F4N3O4S. The second-order valence-electron chi connectivity index (χ2n) is 5.24. The number of halogens is 4. The molecule has 26 heavy (non-hydrogen) atoms. The lowest BCUT2D eigenvalue weighted by atomic mass is 10.2. The Kier molecular flexibility index (Phi) is 5.07. The van der Waals surface area contributed by atoms with E-state index in [4.69, 9.17) is 0 Å². The molecule has 0 aliphatic heterocycles. The number of nitro groups is 1. The fourth-order valence-corrected chi connectivity index (χ4v) is 3.23. The second-order valence-corrected chi connectivity index (χ2v) is 6.86. The van der Waals surface area contributed by atoms with Crippen LogP contribution in [0.5, 0.6) is 0 Å². The molecule has 12 heteroatoms. The fraction of sp³-hybridized carbons (Fsp3) is 0.143. The largest absolute Gasteiger partial charge is 0.378 e. The Labute approximate surface area is 145 Å². The molecule has 140 valence electrons. The highest BCUT2D eigenvalue weighted by Crippen LogP contribution is 2.33. The number of rotatable bonds is 5. The molecule has 0 unspecified atom stereocenters. The van der Waals surface area contributed by atoms with Gasteiger partial charge in [0.1, 0.15) is 0 Å². The first-order valence-electron chi connectivity index (χ1n) is 6.78. The van der Waals surface area contributed by atoms with Crippen LogP contribution in [0.4, 0.5) is 34.6 Å². The van der Waals surface area contributed by atoms with Crippen LogP contribution in [0.2, 0.25) is 0 Å². The second kappa shape index (κ2) is 6.78. The van der Waals surface area contributed by atoms with Gasteiger partial charge in [-0.25, -0.2) is 17.2 Å². The van der Waals surface area contributed by atoms with E-state index in [9.17, 15) is 36.1 Å². The summed E-state index contributed by atoms with van der Waals surface area (Å²) in [4.78, 5) is 8.52. The van der Waals surface area contributed by atoms with Gasteiger partial charge in [0.15, 0.2) is 16.5 Å². The topological polar surface area (TPSA) is 92.6 Å². The number of nitrogens with one attached hydrogen (secondary N) is 1. The minimum Gasteiger partial charge on any atom is -0.378 e. The average molecular weight is 393 g/mol. The van der Waals surface area contributed by atoms with Crippen molar-refractivity contribution in [3.8, 4) is 0 Å². The molecule has 0 spiro atoms. The summed E-state index contributed by atoms with van der Waals surface area (Å²) in [5.41, 5.74) is -1.58. The van der Waals surface area contributed by atoms with Gasteiger partial charge < -0.3 is 4.90 Å². The number of nitro benzene ring substituents is 1. The van der Waals surface area contributed by atoms with Gasteiger partial charge in [0.05, 0.1) is 4.92 Å². The van der Waals surface area contributed by atoms with Crippen LogP contribution in [0.25, 0.3) is 0 Å². The smallest absolute Gasteiger partial charge is 0.346 e. The van der Waals surface area contributed by atoms with Crippen molar-refractivity contribution in [1.82, 2.24) is 0 Å². The molecule has 0 saturated heterocycles. The maximum Gasteiger partial charge on any atom is 0.346 e. The molecule has 0 amide bonds. The zero-order valence-corrected chi connectivity index (χ0v) is 14.1. The van der Waals surface area contributed by atoms with Crippen LogP contribution < -0.4 is 9.62 Å². The predicted octanol–water partition coefficient (Wildman–Crippen LogP) is 3.02. The lowest BCUT2D eigenvalue weighted by molar-refractivity contribution is -0.390. The Hall–Kier alpha value is -2.89. The lowest BCUT2D eigenvalue weighted by Crippen LogP contribution is -2.19. The van der Waals surface area contributed by atoms with E-state index >= 15 is 0 Å². The molecule has 0 aliphatic carbocycles. The van der Waals surface area contributed by atoms with Crippen LogP contribution in [0, 0.1) is 33.4 Å². The average Bonchev–Trinajstić information content (AvgIpc) is 2.53. The molecule has 2 rings (SSSR count). The Bertz CT molecular complexity index is 950. The van der Waals surface area contributed by atoms with Crippen LogP contribution in [0.15, 0.2) is 29.2 Å². The summed E-state index contributed by atoms with van der Waals surface area (Å²) in [6, 6.07) is 5.45. The number of hydrogen-bond acceptors (Lipinski definition) is 5. The first-order chi connectivity index (χ1) is 12.0. The van der Waals surface area contributed by atoms with Crippen molar-refractivity contribution in [2.24, 2.45) is 0 Å². The zero-order chi connectivity index (χ0) is 19.8. The van der Waals surface area contributed by atoms with Crippen LogP contribution in [0.3, 0.4) is 0 Å².